The average molecular weight is 507 g/mol. The molecule has 1 saturated heterocycles. The fourth-order valence-electron chi connectivity index (χ4n) is 4.49. The van der Waals surface area contributed by atoms with E-state index in [1.807, 2.05) is 0 Å². The minimum atomic E-state index is -3.72. The van der Waals surface area contributed by atoms with Crippen molar-refractivity contribution in [3.8, 4) is 5.75 Å². The fraction of sp³-hybridized carbons (Fsp3) is 0.321. The Kier molecular flexibility index (Phi) is 8.74. The molecule has 36 heavy (non-hydrogen) atoms. The van der Waals surface area contributed by atoms with Crippen molar-refractivity contribution in [2.24, 2.45) is 11.7 Å². The zero-order valence-electron chi connectivity index (χ0n) is 20.3. The van der Waals surface area contributed by atoms with E-state index in [4.69, 9.17) is 15.9 Å². The largest absolute Gasteiger partial charge is 0.492 e. The molecule has 0 amide bonds. The molecule has 1 heterocycles. The third-order valence-corrected chi connectivity index (χ3v) is 8.00. The quantitative estimate of drug-likeness (QED) is 0.235. The highest BCUT2D eigenvalue weighted by atomic mass is 32.2. The van der Waals surface area contributed by atoms with Gasteiger partial charge in [-0.1, -0.05) is 54.6 Å². The highest BCUT2D eigenvalue weighted by Gasteiger charge is 2.21. The van der Waals surface area contributed by atoms with Gasteiger partial charge in [-0.15, -0.1) is 0 Å². The van der Waals surface area contributed by atoms with Gasteiger partial charge in [0.15, 0.2) is 0 Å². The summed E-state index contributed by atoms with van der Waals surface area (Å²) in [5, 5.41) is 11.0. The van der Waals surface area contributed by atoms with Gasteiger partial charge in [0.1, 0.15) is 18.2 Å². The summed E-state index contributed by atoms with van der Waals surface area (Å²) < 4.78 is 34.9. The standard InChI is InChI=1S/C28H34N4O3S/c29-28(30)24-5-4-6-26(19-24)35-20-25(32-36(33,34)27-7-2-1-3-8-27)18-22-11-9-21(10-12-22)17-23-13-15-31-16-14-23/h1-12,19,23,25,31-32H,13-18,20H2,(H3,29,30)/t25-/m1/s1. The van der Waals surface area contributed by atoms with Crippen LogP contribution in [0.5, 0.6) is 5.75 Å². The SMILES string of the molecule is N=C(N)c1cccc(OC[C@@H](Cc2ccc(CC3CCNCC3)cc2)NS(=O)(=O)c2ccccc2)c1. The van der Waals surface area contributed by atoms with Gasteiger partial charge < -0.3 is 15.8 Å². The number of amidine groups is 1. The summed E-state index contributed by atoms with van der Waals surface area (Å²) >= 11 is 0. The van der Waals surface area contributed by atoms with Gasteiger partial charge in [0.05, 0.1) is 10.9 Å². The Bertz CT molecular complexity index is 1240. The number of nitrogens with two attached hydrogens (primary N) is 1. The van der Waals surface area contributed by atoms with E-state index < -0.39 is 16.1 Å². The number of rotatable bonds is 11. The molecule has 8 heteroatoms. The van der Waals surface area contributed by atoms with E-state index in [-0.39, 0.29) is 17.3 Å². The van der Waals surface area contributed by atoms with Crippen LogP contribution >= 0.6 is 0 Å². The Balaban J connectivity index is 1.47. The molecule has 3 aromatic rings. The Morgan fingerprint density at radius 2 is 1.69 bits per heavy atom. The van der Waals surface area contributed by atoms with E-state index >= 15 is 0 Å². The second-order valence-corrected chi connectivity index (χ2v) is 11.0. The summed E-state index contributed by atoms with van der Waals surface area (Å²) in [5.41, 5.74) is 8.49. The van der Waals surface area contributed by atoms with Crippen LogP contribution in [0.15, 0.2) is 83.8 Å². The Hall–Kier alpha value is -3.20. The average Bonchev–Trinajstić information content (AvgIpc) is 2.89. The van der Waals surface area contributed by atoms with Crippen LogP contribution in [0.2, 0.25) is 0 Å². The predicted octanol–water partition coefficient (Wildman–Crippen LogP) is 3.48. The number of hydrogen-bond acceptors (Lipinski definition) is 5. The van der Waals surface area contributed by atoms with Crippen LogP contribution < -0.4 is 20.5 Å². The molecule has 1 aliphatic rings. The molecular weight excluding hydrogens is 472 g/mol. The monoisotopic (exact) mass is 506 g/mol. The first kappa shape index (κ1) is 25.9. The molecular formula is C28H34N4O3S. The van der Waals surface area contributed by atoms with Crippen LogP contribution in [-0.4, -0.2) is 40.0 Å². The number of nitrogen functional groups attached to an aromatic ring is 1. The van der Waals surface area contributed by atoms with E-state index in [9.17, 15) is 8.42 Å². The second-order valence-electron chi connectivity index (χ2n) is 9.30. The highest BCUT2D eigenvalue weighted by molar-refractivity contribution is 7.89. The summed E-state index contributed by atoms with van der Waals surface area (Å²) in [6, 6.07) is 23.2. The topological polar surface area (TPSA) is 117 Å². The Morgan fingerprint density at radius 1 is 1.00 bits per heavy atom. The normalized spacial score (nSPS) is 15.3. The lowest BCUT2D eigenvalue weighted by Gasteiger charge is -2.23. The van der Waals surface area contributed by atoms with Crippen molar-refractivity contribution in [2.75, 3.05) is 19.7 Å². The molecule has 0 aliphatic carbocycles. The molecule has 7 nitrogen and oxygen atoms in total. The smallest absolute Gasteiger partial charge is 0.240 e. The molecule has 1 atom stereocenters. The van der Waals surface area contributed by atoms with Crippen LogP contribution in [0, 0.1) is 11.3 Å². The van der Waals surface area contributed by atoms with Crippen LogP contribution in [-0.2, 0) is 22.9 Å². The number of piperidine rings is 1. The van der Waals surface area contributed by atoms with E-state index in [0.717, 1.165) is 25.1 Å². The van der Waals surface area contributed by atoms with Crippen molar-refractivity contribution in [2.45, 2.75) is 36.6 Å². The molecule has 0 radical (unpaired) electrons. The maximum Gasteiger partial charge on any atom is 0.240 e. The molecule has 1 fully saturated rings. The first-order valence-electron chi connectivity index (χ1n) is 12.3. The van der Waals surface area contributed by atoms with Crippen molar-refractivity contribution in [3.63, 3.8) is 0 Å². The summed E-state index contributed by atoms with van der Waals surface area (Å²) in [6.45, 7) is 2.30. The summed E-state index contributed by atoms with van der Waals surface area (Å²) in [6.07, 6.45) is 3.95. The third kappa shape index (κ3) is 7.40. The van der Waals surface area contributed by atoms with Crippen molar-refractivity contribution in [1.82, 2.24) is 10.0 Å². The van der Waals surface area contributed by atoms with Crippen molar-refractivity contribution in [3.05, 3.63) is 95.6 Å². The van der Waals surface area contributed by atoms with Crippen molar-refractivity contribution < 1.29 is 13.2 Å². The summed E-state index contributed by atoms with van der Waals surface area (Å²) in [4.78, 5) is 0.214. The van der Waals surface area contributed by atoms with Crippen molar-refractivity contribution in [1.29, 1.82) is 5.41 Å². The zero-order chi connectivity index (χ0) is 25.4. The lowest BCUT2D eigenvalue weighted by molar-refractivity contribution is 0.278. The van der Waals surface area contributed by atoms with Crippen LogP contribution in [0.4, 0.5) is 0 Å². The molecule has 3 aromatic carbocycles. The summed E-state index contributed by atoms with van der Waals surface area (Å²) in [5.74, 6) is 1.19. The van der Waals surface area contributed by atoms with Gasteiger partial charge in [0.25, 0.3) is 0 Å². The maximum atomic E-state index is 13.0. The van der Waals surface area contributed by atoms with E-state index in [0.29, 0.717) is 23.7 Å². The number of nitrogens with one attached hydrogen (secondary N) is 3. The first-order valence-corrected chi connectivity index (χ1v) is 13.8. The molecule has 0 aromatic heterocycles. The van der Waals surface area contributed by atoms with E-state index in [1.165, 1.54) is 18.4 Å². The molecule has 0 bridgehead atoms. The summed E-state index contributed by atoms with van der Waals surface area (Å²) in [7, 11) is -3.72. The van der Waals surface area contributed by atoms with Gasteiger partial charge in [-0.2, -0.15) is 0 Å². The number of sulfonamides is 1. The molecule has 1 aliphatic heterocycles. The fourth-order valence-corrected chi connectivity index (χ4v) is 5.73. The molecule has 0 spiro atoms. The van der Waals surface area contributed by atoms with Gasteiger partial charge in [-0.25, -0.2) is 13.1 Å². The molecule has 0 saturated carbocycles. The second kappa shape index (κ2) is 12.2. The van der Waals surface area contributed by atoms with Crippen LogP contribution in [0.25, 0.3) is 0 Å². The lowest BCUT2D eigenvalue weighted by atomic mass is 9.90. The van der Waals surface area contributed by atoms with Gasteiger partial charge in [0.2, 0.25) is 10.0 Å². The highest BCUT2D eigenvalue weighted by Crippen LogP contribution is 2.20. The Labute approximate surface area is 213 Å². The first-order chi connectivity index (χ1) is 17.4. The number of ether oxygens (including phenoxy) is 1. The van der Waals surface area contributed by atoms with Crippen LogP contribution in [0.3, 0.4) is 0 Å². The zero-order valence-corrected chi connectivity index (χ0v) is 21.1. The molecule has 0 unspecified atom stereocenters. The lowest BCUT2D eigenvalue weighted by Crippen LogP contribution is -2.40. The van der Waals surface area contributed by atoms with Gasteiger partial charge in [0, 0.05) is 5.56 Å². The minimum Gasteiger partial charge on any atom is -0.492 e. The maximum absolute atomic E-state index is 13.0. The van der Waals surface area contributed by atoms with Gasteiger partial charge in [-0.3, -0.25) is 5.41 Å². The van der Waals surface area contributed by atoms with E-state index in [2.05, 4.69) is 34.3 Å². The van der Waals surface area contributed by atoms with E-state index in [1.54, 1.807) is 54.6 Å². The number of benzene rings is 3. The van der Waals surface area contributed by atoms with Gasteiger partial charge in [-0.05, 0) is 80.1 Å². The molecule has 4 rings (SSSR count). The molecule has 5 N–H and O–H groups in total. The van der Waals surface area contributed by atoms with Crippen molar-refractivity contribution >= 4 is 15.9 Å². The minimum absolute atomic E-state index is 0.0497. The Morgan fingerprint density at radius 3 is 2.39 bits per heavy atom. The molecule has 190 valence electrons. The number of hydrogen-bond donors (Lipinski definition) is 4. The van der Waals surface area contributed by atoms with Gasteiger partial charge >= 0.3 is 0 Å². The predicted molar refractivity (Wildman–Crippen MR) is 143 cm³/mol. The third-order valence-electron chi connectivity index (χ3n) is 6.46. The van der Waals surface area contributed by atoms with Crippen LogP contribution in [0.1, 0.15) is 29.5 Å².